The lowest BCUT2D eigenvalue weighted by Gasteiger charge is -2.10. The molecule has 5 nitrogen and oxygen atoms in total. The molecule has 1 heterocycles. The maximum atomic E-state index is 11.9. The number of nitrogens with one attached hydrogen (secondary N) is 1. The van der Waals surface area contributed by atoms with Crippen molar-refractivity contribution in [2.24, 2.45) is 0 Å². The number of ether oxygens (including phenoxy) is 1. The highest BCUT2D eigenvalue weighted by Gasteiger charge is 2.18. The van der Waals surface area contributed by atoms with Gasteiger partial charge in [-0.2, -0.15) is 4.98 Å². The van der Waals surface area contributed by atoms with Crippen LogP contribution in [0.3, 0.4) is 0 Å². The number of carbonyl (C=O) groups excluding carboxylic acids is 1. The number of benzene rings is 1. The first-order valence-corrected chi connectivity index (χ1v) is 8.31. The van der Waals surface area contributed by atoms with E-state index in [-0.39, 0.29) is 0 Å². The lowest BCUT2D eigenvalue weighted by molar-refractivity contribution is 0.0594. The molecule has 0 saturated carbocycles. The van der Waals surface area contributed by atoms with Crippen molar-refractivity contribution in [1.82, 2.24) is 9.97 Å². The molecule has 2 rings (SSSR count). The van der Waals surface area contributed by atoms with E-state index in [0.717, 1.165) is 5.56 Å². The summed E-state index contributed by atoms with van der Waals surface area (Å²) < 4.78 is 4.78. The number of rotatable bonds is 5. The van der Waals surface area contributed by atoms with Crippen molar-refractivity contribution in [1.29, 1.82) is 0 Å². The molecule has 0 unspecified atom stereocenters. The van der Waals surface area contributed by atoms with E-state index in [4.69, 9.17) is 4.74 Å². The van der Waals surface area contributed by atoms with Gasteiger partial charge in [0.05, 0.1) is 7.11 Å². The maximum absolute atomic E-state index is 11.9. The monoisotopic (exact) mass is 332 g/mol. The topological polar surface area (TPSA) is 72.0 Å². The fraction of sp³-hybridized carbons (Fsp3) is 0.353. The van der Waals surface area contributed by atoms with Crippen molar-refractivity contribution in [3.63, 3.8) is 0 Å². The largest absolute Gasteiger partial charge is 0.465 e. The van der Waals surface area contributed by atoms with Gasteiger partial charge in [0.15, 0.2) is 0 Å². The van der Waals surface area contributed by atoms with Gasteiger partial charge in [-0.1, -0.05) is 38.1 Å². The third kappa shape index (κ3) is 4.22. The first kappa shape index (κ1) is 17.3. The van der Waals surface area contributed by atoms with E-state index in [9.17, 15) is 9.59 Å². The SMILES string of the molecule is COC(=O)c1c(SCc2ccc(C(C)C)cc2)nc(=O)[nH]c1C. The van der Waals surface area contributed by atoms with Crippen LogP contribution in [-0.4, -0.2) is 23.0 Å². The standard InChI is InChI=1S/C17H20N2O3S/c1-10(2)13-7-5-12(6-8-13)9-23-15-14(16(20)22-4)11(3)18-17(21)19-15/h5-8,10H,9H2,1-4H3,(H,18,19,21). The molecule has 122 valence electrons. The molecule has 0 aliphatic rings. The third-order valence-corrected chi connectivity index (χ3v) is 4.54. The first-order valence-electron chi connectivity index (χ1n) is 7.33. The van der Waals surface area contributed by atoms with Crippen LogP contribution in [0.4, 0.5) is 0 Å². The molecular formula is C17H20N2O3S. The smallest absolute Gasteiger partial charge is 0.346 e. The third-order valence-electron chi connectivity index (χ3n) is 3.50. The number of methoxy groups -OCH3 is 1. The van der Waals surface area contributed by atoms with E-state index in [0.29, 0.717) is 28.0 Å². The van der Waals surface area contributed by atoms with Crippen LogP contribution in [0.15, 0.2) is 34.1 Å². The van der Waals surface area contributed by atoms with Gasteiger partial charge in [0, 0.05) is 11.4 Å². The minimum Gasteiger partial charge on any atom is -0.465 e. The highest BCUT2D eigenvalue weighted by molar-refractivity contribution is 7.98. The number of hydrogen-bond acceptors (Lipinski definition) is 5. The van der Waals surface area contributed by atoms with Crippen LogP contribution in [0, 0.1) is 6.92 Å². The summed E-state index contributed by atoms with van der Waals surface area (Å²) in [4.78, 5) is 29.9. The Labute approximate surface area is 139 Å². The quantitative estimate of drug-likeness (QED) is 0.517. The molecule has 23 heavy (non-hydrogen) atoms. The number of hydrogen-bond donors (Lipinski definition) is 1. The number of aromatic nitrogens is 2. The van der Waals surface area contributed by atoms with Crippen molar-refractivity contribution < 1.29 is 9.53 Å². The number of H-pyrrole nitrogens is 1. The van der Waals surface area contributed by atoms with E-state index in [1.807, 2.05) is 0 Å². The number of aromatic amines is 1. The van der Waals surface area contributed by atoms with Gasteiger partial charge >= 0.3 is 11.7 Å². The second kappa shape index (κ2) is 7.46. The maximum Gasteiger partial charge on any atom is 0.346 e. The summed E-state index contributed by atoms with van der Waals surface area (Å²) in [7, 11) is 1.31. The zero-order valence-corrected chi connectivity index (χ0v) is 14.5. The summed E-state index contributed by atoms with van der Waals surface area (Å²) in [5.74, 6) is 0.613. The Morgan fingerprint density at radius 3 is 2.52 bits per heavy atom. The van der Waals surface area contributed by atoms with Gasteiger partial charge in [-0.05, 0) is 24.0 Å². The van der Waals surface area contributed by atoms with E-state index in [1.54, 1.807) is 6.92 Å². The molecule has 0 aliphatic heterocycles. The number of aryl methyl sites for hydroxylation is 1. The van der Waals surface area contributed by atoms with Gasteiger partial charge in [0.1, 0.15) is 10.6 Å². The second-order valence-electron chi connectivity index (χ2n) is 5.52. The normalized spacial score (nSPS) is 10.8. The van der Waals surface area contributed by atoms with Crippen molar-refractivity contribution in [3.05, 3.63) is 57.1 Å². The zero-order valence-electron chi connectivity index (χ0n) is 13.7. The second-order valence-corrected chi connectivity index (χ2v) is 6.49. The van der Waals surface area contributed by atoms with E-state index >= 15 is 0 Å². The number of thioether (sulfide) groups is 1. The van der Waals surface area contributed by atoms with Crippen LogP contribution in [0.25, 0.3) is 0 Å². The van der Waals surface area contributed by atoms with Crippen LogP contribution < -0.4 is 5.69 Å². The molecule has 1 N–H and O–H groups in total. The molecule has 1 aromatic carbocycles. The molecule has 0 radical (unpaired) electrons. The summed E-state index contributed by atoms with van der Waals surface area (Å²) in [5, 5.41) is 0.394. The summed E-state index contributed by atoms with van der Waals surface area (Å²) >= 11 is 1.35. The van der Waals surface area contributed by atoms with Gasteiger partial charge in [0.25, 0.3) is 0 Å². The Balaban J connectivity index is 2.23. The van der Waals surface area contributed by atoms with Crippen molar-refractivity contribution in [2.45, 2.75) is 37.5 Å². The van der Waals surface area contributed by atoms with Crippen molar-refractivity contribution in [2.75, 3.05) is 7.11 Å². The number of nitrogens with zero attached hydrogens (tertiary/aromatic N) is 1. The van der Waals surface area contributed by atoms with E-state index in [2.05, 4.69) is 48.1 Å². The lowest BCUT2D eigenvalue weighted by atomic mass is 10.0. The van der Waals surface area contributed by atoms with E-state index in [1.165, 1.54) is 24.4 Å². The minimum absolute atomic E-state index is 0.316. The van der Waals surface area contributed by atoms with Crippen molar-refractivity contribution in [3.8, 4) is 0 Å². The van der Waals surface area contributed by atoms with Crippen LogP contribution in [0.1, 0.15) is 46.9 Å². The van der Waals surface area contributed by atoms with Gasteiger partial charge in [-0.25, -0.2) is 9.59 Å². The van der Waals surface area contributed by atoms with Crippen LogP contribution >= 0.6 is 11.8 Å². The van der Waals surface area contributed by atoms with Crippen molar-refractivity contribution >= 4 is 17.7 Å². The molecule has 0 fully saturated rings. The summed E-state index contributed by atoms with van der Waals surface area (Å²) in [6.07, 6.45) is 0. The molecule has 0 amide bonds. The molecule has 0 spiro atoms. The summed E-state index contributed by atoms with van der Waals surface area (Å²) in [5.41, 5.74) is 2.70. The average molecular weight is 332 g/mol. The van der Waals surface area contributed by atoms with Gasteiger partial charge in [0.2, 0.25) is 0 Å². The van der Waals surface area contributed by atoms with Gasteiger partial charge < -0.3 is 9.72 Å². The minimum atomic E-state index is -0.496. The predicted octanol–water partition coefficient (Wildman–Crippen LogP) is 3.28. The molecule has 2 aromatic rings. The van der Waals surface area contributed by atoms with E-state index < -0.39 is 11.7 Å². The van der Waals surface area contributed by atoms with Crippen LogP contribution in [0.2, 0.25) is 0 Å². The Hall–Kier alpha value is -2.08. The average Bonchev–Trinajstić information content (AvgIpc) is 2.52. The number of esters is 1. The molecule has 1 aromatic heterocycles. The fourth-order valence-corrected chi connectivity index (χ4v) is 3.18. The summed E-state index contributed by atoms with van der Waals surface area (Å²) in [6, 6.07) is 8.30. The highest BCUT2D eigenvalue weighted by Crippen LogP contribution is 2.26. The molecular weight excluding hydrogens is 312 g/mol. The number of carbonyl (C=O) groups is 1. The molecule has 0 aliphatic carbocycles. The molecule has 0 bridgehead atoms. The summed E-state index contributed by atoms with van der Waals surface area (Å²) in [6.45, 7) is 5.96. The molecule has 0 saturated heterocycles. The Morgan fingerprint density at radius 2 is 1.96 bits per heavy atom. The first-order chi connectivity index (χ1) is 10.9. The zero-order chi connectivity index (χ0) is 17.0. The fourth-order valence-electron chi connectivity index (χ4n) is 2.16. The lowest BCUT2D eigenvalue weighted by Crippen LogP contribution is -2.19. The van der Waals surface area contributed by atoms with Gasteiger partial charge in [-0.3, -0.25) is 0 Å². The Morgan fingerprint density at radius 1 is 1.30 bits per heavy atom. The Kier molecular flexibility index (Phi) is 5.60. The van der Waals surface area contributed by atoms with Crippen LogP contribution in [0.5, 0.6) is 0 Å². The molecule has 6 heteroatoms. The Bertz CT molecular complexity index is 751. The van der Waals surface area contributed by atoms with Gasteiger partial charge in [-0.15, -0.1) is 11.8 Å². The molecule has 0 atom stereocenters. The predicted molar refractivity (Wildman–Crippen MR) is 91.0 cm³/mol. The van der Waals surface area contributed by atoms with Crippen LogP contribution in [-0.2, 0) is 10.5 Å². The highest BCUT2D eigenvalue weighted by atomic mass is 32.2.